The van der Waals surface area contributed by atoms with Crippen LogP contribution in [0.5, 0.6) is 0 Å². The highest BCUT2D eigenvalue weighted by Crippen LogP contribution is 2.32. The van der Waals surface area contributed by atoms with Crippen LogP contribution in [0.1, 0.15) is 24.4 Å². The minimum absolute atomic E-state index is 0.0717. The molecular formula is C16H17N5O2S. The molecular weight excluding hydrogens is 326 g/mol. The third kappa shape index (κ3) is 2.57. The molecule has 0 aliphatic carbocycles. The van der Waals surface area contributed by atoms with Gasteiger partial charge in [-0.3, -0.25) is 14.8 Å². The van der Waals surface area contributed by atoms with E-state index in [0.29, 0.717) is 22.6 Å². The van der Waals surface area contributed by atoms with Gasteiger partial charge in [-0.2, -0.15) is 5.10 Å². The average molecular weight is 343 g/mol. The number of H-pyrrole nitrogens is 2. The lowest BCUT2D eigenvalue weighted by atomic mass is 10.2. The second kappa shape index (κ2) is 5.95. The van der Waals surface area contributed by atoms with Crippen LogP contribution in [0.2, 0.25) is 0 Å². The minimum Gasteiger partial charge on any atom is -0.308 e. The Bertz CT molecular complexity index is 957. The number of hydrogen-bond donors (Lipinski definition) is 2. The third-order valence-electron chi connectivity index (χ3n) is 4.45. The molecule has 0 spiro atoms. The fourth-order valence-corrected chi connectivity index (χ4v) is 4.25. The van der Waals surface area contributed by atoms with E-state index in [0.717, 1.165) is 41.8 Å². The van der Waals surface area contributed by atoms with Crippen molar-refractivity contribution in [3.8, 4) is 10.4 Å². The fourth-order valence-electron chi connectivity index (χ4n) is 3.19. The summed E-state index contributed by atoms with van der Waals surface area (Å²) in [5.41, 5.74) is 2.51. The van der Waals surface area contributed by atoms with E-state index >= 15 is 0 Å². The highest BCUT2D eigenvalue weighted by molar-refractivity contribution is 7.22. The number of thiophene rings is 1. The SMILES string of the molecule is Cc1[nH]ncc1-c1cc2nc(CN3CCCC3C=O)[nH]c(=O)c2s1. The summed E-state index contributed by atoms with van der Waals surface area (Å²) in [6, 6.07) is 1.86. The van der Waals surface area contributed by atoms with Crippen molar-refractivity contribution in [2.45, 2.75) is 32.4 Å². The van der Waals surface area contributed by atoms with Crippen molar-refractivity contribution in [2.24, 2.45) is 0 Å². The number of nitrogens with zero attached hydrogens (tertiary/aromatic N) is 3. The van der Waals surface area contributed by atoms with E-state index in [1.807, 2.05) is 13.0 Å². The minimum atomic E-state index is -0.130. The molecule has 2 N–H and O–H groups in total. The first-order chi connectivity index (χ1) is 11.7. The summed E-state index contributed by atoms with van der Waals surface area (Å²) in [6.07, 6.45) is 4.61. The molecule has 1 unspecified atom stereocenters. The summed E-state index contributed by atoms with van der Waals surface area (Å²) in [4.78, 5) is 34.0. The molecule has 0 aromatic carbocycles. The number of aromatic amines is 2. The van der Waals surface area contributed by atoms with E-state index in [9.17, 15) is 9.59 Å². The summed E-state index contributed by atoms with van der Waals surface area (Å²) in [5.74, 6) is 0.606. The Hall–Kier alpha value is -2.32. The number of nitrogens with one attached hydrogen (secondary N) is 2. The van der Waals surface area contributed by atoms with Crippen molar-refractivity contribution < 1.29 is 4.79 Å². The molecule has 0 amide bonds. The molecule has 1 saturated heterocycles. The summed E-state index contributed by atoms with van der Waals surface area (Å²) in [7, 11) is 0. The lowest BCUT2D eigenvalue weighted by molar-refractivity contribution is -0.111. The van der Waals surface area contributed by atoms with Gasteiger partial charge in [0.2, 0.25) is 0 Å². The van der Waals surface area contributed by atoms with Crippen LogP contribution in [-0.4, -0.2) is 43.9 Å². The van der Waals surface area contributed by atoms with Gasteiger partial charge in [-0.15, -0.1) is 11.3 Å². The molecule has 1 aliphatic heterocycles. The van der Waals surface area contributed by atoms with Gasteiger partial charge in [-0.1, -0.05) is 0 Å². The quantitative estimate of drug-likeness (QED) is 0.705. The van der Waals surface area contributed by atoms with E-state index in [1.54, 1.807) is 6.20 Å². The van der Waals surface area contributed by atoms with Gasteiger partial charge in [-0.05, 0) is 32.4 Å². The number of carbonyl (C=O) groups is 1. The van der Waals surface area contributed by atoms with Crippen molar-refractivity contribution in [1.29, 1.82) is 0 Å². The van der Waals surface area contributed by atoms with Gasteiger partial charge in [0.25, 0.3) is 5.56 Å². The maximum atomic E-state index is 12.4. The van der Waals surface area contributed by atoms with Crippen LogP contribution in [-0.2, 0) is 11.3 Å². The van der Waals surface area contributed by atoms with Crippen molar-refractivity contribution in [2.75, 3.05) is 6.54 Å². The van der Waals surface area contributed by atoms with Crippen LogP contribution >= 0.6 is 11.3 Å². The van der Waals surface area contributed by atoms with E-state index in [2.05, 4.69) is 25.1 Å². The van der Waals surface area contributed by atoms with Crippen molar-refractivity contribution in [3.05, 3.63) is 34.1 Å². The maximum Gasteiger partial charge on any atom is 0.268 e. The molecule has 8 heteroatoms. The van der Waals surface area contributed by atoms with Crippen molar-refractivity contribution >= 4 is 27.8 Å². The van der Waals surface area contributed by atoms with Gasteiger partial charge in [0.15, 0.2) is 0 Å². The number of hydrogen-bond acceptors (Lipinski definition) is 6. The van der Waals surface area contributed by atoms with Crippen LogP contribution in [0, 0.1) is 6.92 Å². The Morgan fingerprint density at radius 1 is 1.50 bits per heavy atom. The summed E-state index contributed by atoms with van der Waals surface area (Å²) < 4.78 is 0.614. The molecule has 1 aliphatic rings. The number of carbonyl (C=O) groups excluding carboxylic acids is 1. The lowest BCUT2D eigenvalue weighted by Crippen LogP contribution is -2.31. The third-order valence-corrected chi connectivity index (χ3v) is 5.61. The topological polar surface area (TPSA) is 94.7 Å². The highest BCUT2D eigenvalue weighted by Gasteiger charge is 2.24. The second-order valence-electron chi connectivity index (χ2n) is 6.06. The van der Waals surface area contributed by atoms with Gasteiger partial charge >= 0.3 is 0 Å². The van der Waals surface area contributed by atoms with Crippen LogP contribution in [0.3, 0.4) is 0 Å². The van der Waals surface area contributed by atoms with E-state index in [4.69, 9.17) is 0 Å². The first-order valence-corrected chi connectivity index (χ1v) is 8.70. The lowest BCUT2D eigenvalue weighted by Gasteiger charge is -2.18. The normalized spacial score (nSPS) is 18.5. The highest BCUT2D eigenvalue weighted by atomic mass is 32.1. The number of aromatic nitrogens is 4. The first kappa shape index (κ1) is 15.2. The van der Waals surface area contributed by atoms with E-state index in [1.165, 1.54) is 11.3 Å². The largest absolute Gasteiger partial charge is 0.308 e. The van der Waals surface area contributed by atoms with Gasteiger partial charge in [0.1, 0.15) is 16.8 Å². The molecule has 0 radical (unpaired) electrons. The molecule has 24 heavy (non-hydrogen) atoms. The molecule has 1 atom stereocenters. The zero-order valence-electron chi connectivity index (χ0n) is 13.2. The molecule has 124 valence electrons. The fraction of sp³-hybridized carbons (Fsp3) is 0.375. The van der Waals surface area contributed by atoms with Crippen LogP contribution < -0.4 is 5.56 Å². The monoisotopic (exact) mass is 343 g/mol. The maximum absolute atomic E-state index is 12.4. The number of fused-ring (bicyclic) bond motifs is 1. The Balaban J connectivity index is 1.70. The van der Waals surface area contributed by atoms with Crippen molar-refractivity contribution in [3.63, 3.8) is 0 Å². The Kier molecular flexibility index (Phi) is 3.78. The second-order valence-corrected chi connectivity index (χ2v) is 7.11. The van der Waals surface area contributed by atoms with Crippen LogP contribution in [0.15, 0.2) is 17.1 Å². The molecule has 3 aromatic rings. The predicted octanol–water partition coefficient (Wildman–Crippen LogP) is 1.85. The zero-order chi connectivity index (χ0) is 16.7. The van der Waals surface area contributed by atoms with E-state index < -0.39 is 0 Å². The Morgan fingerprint density at radius 2 is 2.38 bits per heavy atom. The van der Waals surface area contributed by atoms with Gasteiger partial charge in [-0.25, -0.2) is 4.98 Å². The zero-order valence-corrected chi connectivity index (χ0v) is 14.0. The number of aryl methyl sites for hydroxylation is 1. The molecule has 4 heterocycles. The predicted molar refractivity (Wildman–Crippen MR) is 92.1 cm³/mol. The van der Waals surface area contributed by atoms with E-state index in [-0.39, 0.29) is 11.6 Å². The number of aldehydes is 1. The molecule has 1 fully saturated rings. The van der Waals surface area contributed by atoms with Gasteiger partial charge in [0, 0.05) is 16.1 Å². The van der Waals surface area contributed by atoms with Gasteiger partial charge < -0.3 is 9.78 Å². The summed E-state index contributed by atoms with van der Waals surface area (Å²) in [6.45, 7) is 3.29. The van der Waals surface area contributed by atoms with Crippen molar-refractivity contribution in [1.82, 2.24) is 25.1 Å². The molecule has 3 aromatic heterocycles. The number of likely N-dealkylation sites (tertiary alicyclic amines) is 1. The molecule has 7 nitrogen and oxygen atoms in total. The summed E-state index contributed by atoms with van der Waals surface area (Å²) in [5, 5.41) is 6.94. The average Bonchev–Trinajstić information content (AvgIpc) is 3.26. The molecule has 0 bridgehead atoms. The van der Waals surface area contributed by atoms with Gasteiger partial charge in [0.05, 0.1) is 24.3 Å². The Labute approximate surface area is 141 Å². The van der Waals surface area contributed by atoms with Crippen LogP contribution in [0.4, 0.5) is 0 Å². The first-order valence-electron chi connectivity index (χ1n) is 7.88. The summed E-state index contributed by atoms with van der Waals surface area (Å²) >= 11 is 1.42. The smallest absolute Gasteiger partial charge is 0.268 e. The molecule has 0 saturated carbocycles. The van der Waals surface area contributed by atoms with Crippen LogP contribution in [0.25, 0.3) is 20.7 Å². The number of rotatable bonds is 4. The Morgan fingerprint density at radius 3 is 3.12 bits per heavy atom. The standard InChI is InChI=1S/C16H17N5O2S/c1-9-11(6-17-20-9)13-5-12-15(24-13)16(23)19-14(18-12)7-21-4-2-3-10(21)8-22/h5-6,8,10H,2-4,7H2,1H3,(H,17,20)(H,18,19,23). The molecule has 4 rings (SSSR count).